The molecule has 10 rings (SSSR count). The van der Waals surface area contributed by atoms with Gasteiger partial charge < -0.3 is 9.80 Å². The summed E-state index contributed by atoms with van der Waals surface area (Å²) in [5.74, 6) is 7.29. The molecule has 0 fully saturated rings. The van der Waals surface area contributed by atoms with E-state index in [9.17, 15) is 0 Å². The zero-order valence-electron chi connectivity index (χ0n) is 30.2. The minimum absolute atomic E-state index is 1.10. The van der Waals surface area contributed by atoms with E-state index in [0.29, 0.717) is 0 Å². The van der Waals surface area contributed by atoms with E-state index in [4.69, 9.17) is 0 Å². The van der Waals surface area contributed by atoms with E-state index >= 15 is 0 Å². The highest BCUT2D eigenvalue weighted by molar-refractivity contribution is 6.96. The Labute approximate surface area is 323 Å². The van der Waals surface area contributed by atoms with Crippen LogP contribution in [0, 0.1) is 11.8 Å². The van der Waals surface area contributed by atoms with Gasteiger partial charge >= 0.3 is 0 Å². The summed E-state index contributed by atoms with van der Waals surface area (Å²) in [7, 11) is -2.12. The molecule has 0 amide bonds. The summed E-state index contributed by atoms with van der Waals surface area (Å²) in [5, 5.41) is 8.86. The lowest BCUT2D eigenvalue weighted by Crippen LogP contribution is -2.53. The molecule has 0 aromatic heterocycles. The topological polar surface area (TPSA) is 6.48 Å². The van der Waals surface area contributed by atoms with Crippen LogP contribution in [0.2, 0.25) is 0 Å². The molecule has 0 bridgehead atoms. The van der Waals surface area contributed by atoms with Crippen LogP contribution in [-0.2, 0) is 0 Å². The van der Waals surface area contributed by atoms with Crippen molar-refractivity contribution in [2.24, 2.45) is 0 Å². The average molecular weight is 717 g/mol. The van der Waals surface area contributed by atoms with E-state index in [1.807, 2.05) is 0 Å². The van der Waals surface area contributed by atoms with Gasteiger partial charge in [0.15, 0.2) is 0 Å². The van der Waals surface area contributed by atoms with Crippen LogP contribution in [0.5, 0.6) is 0 Å². The lowest BCUT2D eigenvalue weighted by atomic mass is 10.1. The molecule has 0 spiro atoms. The summed E-state index contributed by atoms with van der Waals surface area (Å²) in [4.78, 5) is 4.82. The molecule has 0 radical (unpaired) electrons. The molecule has 1 heterocycles. The predicted octanol–water partition coefficient (Wildman–Crippen LogP) is 10.9. The summed E-state index contributed by atoms with van der Waals surface area (Å²) in [6, 6.07) is 76.9. The van der Waals surface area contributed by atoms with Crippen LogP contribution >= 0.6 is 0 Å². The molecular weight excluding hydrogens is 681 g/mol. The van der Waals surface area contributed by atoms with Crippen molar-refractivity contribution in [3.05, 3.63) is 223 Å². The Morgan fingerprint density at radius 3 is 1.20 bits per heavy atom. The molecule has 0 aliphatic carbocycles. The van der Waals surface area contributed by atoms with E-state index in [-0.39, 0.29) is 0 Å². The van der Waals surface area contributed by atoms with Gasteiger partial charge in [-0.25, -0.2) is 0 Å². The van der Waals surface area contributed by atoms with E-state index in [0.717, 1.165) is 45.3 Å². The molecule has 3 heteroatoms. The van der Waals surface area contributed by atoms with Gasteiger partial charge in [0.1, 0.15) is 8.80 Å². The second-order valence-corrected chi connectivity index (χ2v) is 16.8. The molecule has 55 heavy (non-hydrogen) atoms. The SMILES string of the molecule is C1#Cc2ccc(N(c3ccccc3)c3cccc4ccccc34)cc2[SiH](c2ccccc2)c2cc(N(c3ccccc3)c3cccc4ccccc34)ccc21. The van der Waals surface area contributed by atoms with Crippen molar-refractivity contribution in [1.29, 1.82) is 0 Å². The van der Waals surface area contributed by atoms with Gasteiger partial charge in [-0.2, -0.15) is 0 Å². The molecule has 0 atom stereocenters. The summed E-state index contributed by atoms with van der Waals surface area (Å²) in [5.41, 5.74) is 8.98. The van der Waals surface area contributed by atoms with Crippen LogP contribution in [-0.4, -0.2) is 8.80 Å². The van der Waals surface area contributed by atoms with Gasteiger partial charge in [-0.3, -0.25) is 0 Å². The first kappa shape index (κ1) is 32.5. The predicted molar refractivity (Wildman–Crippen MR) is 236 cm³/mol. The van der Waals surface area contributed by atoms with Crippen LogP contribution in [0.1, 0.15) is 11.1 Å². The first-order valence-electron chi connectivity index (χ1n) is 18.8. The minimum Gasteiger partial charge on any atom is -0.310 e. The fourth-order valence-electron chi connectivity index (χ4n) is 8.21. The number of hydrogen-bond acceptors (Lipinski definition) is 2. The van der Waals surface area contributed by atoms with Gasteiger partial charge in [-0.15, -0.1) is 0 Å². The zero-order valence-corrected chi connectivity index (χ0v) is 31.3. The number of anilines is 6. The molecule has 0 saturated carbocycles. The Morgan fingerprint density at radius 1 is 0.327 bits per heavy atom. The van der Waals surface area contributed by atoms with Crippen molar-refractivity contribution < 1.29 is 0 Å². The van der Waals surface area contributed by atoms with Crippen molar-refractivity contribution in [3.63, 3.8) is 0 Å². The highest BCUT2D eigenvalue weighted by Gasteiger charge is 2.28. The first-order valence-corrected chi connectivity index (χ1v) is 20.5. The Kier molecular flexibility index (Phi) is 8.29. The quantitative estimate of drug-likeness (QED) is 0.120. The Balaban J connectivity index is 1.19. The number of rotatable bonds is 7. The highest BCUT2D eigenvalue weighted by atomic mass is 28.3. The maximum absolute atomic E-state index is 3.65. The smallest absolute Gasteiger partial charge is 0.136 e. The fourth-order valence-corrected chi connectivity index (χ4v) is 11.5. The van der Waals surface area contributed by atoms with Crippen molar-refractivity contribution >= 4 is 80.0 Å². The van der Waals surface area contributed by atoms with Crippen LogP contribution in [0.25, 0.3) is 21.5 Å². The number of benzene rings is 9. The molecule has 1 aliphatic heterocycles. The minimum atomic E-state index is -2.12. The number of nitrogens with zero attached hydrogens (tertiary/aromatic N) is 2. The first-order chi connectivity index (χ1) is 27.3. The van der Waals surface area contributed by atoms with E-state index < -0.39 is 8.80 Å². The van der Waals surface area contributed by atoms with Gasteiger partial charge in [0, 0.05) is 44.6 Å². The van der Waals surface area contributed by atoms with Crippen LogP contribution in [0.4, 0.5) is 34.1 Å². The van der Waals surface area contributed by atoms with Crippen molar-refractivity contribution in [1.82, 2.24) is 0 Å². The monoisotopic (exact) mass is 716 g/mol. The van der Waals surface area contributed by atoms with E-state index in [2.05, 4.69) is 234 Å². The number of fused-ring (bicyclic) bond motifs is 4. The van der Waals surface area contributed by atoms with Gasteiger partial charge in [0.05, 0.1) is 11.4 Å². The largest absolute Gasteiger partial charge is 0.310 e. The van der Waals surface area contributed by atoms with Gasteiger partial charge in [-0.1, -0.05) is 157 Å². The molecule has 0 saturated heterocycles. The molecular formula is C52H36N2Si. The second kappa shape index (κ2) is 14.0. The third-order valence-electron chi connectivity index (χ3n) is 10.7. The summed E-state index contributed by atoms with van der Waals surface area (Å²) < 4.78 is 0. The van der Waals surface area contributed by atoms with Gasteiger partial charge in [-0.05, 0) is 93.9 Å². The molecule has 9 aromatic rings. The standard InChI is InChI=1S/C52H36N2Si/c1-4-20-42(21-5-1)53(49-28-14-18-38-16-10-12-26-47(38)49)44-34-32-40-30-31-41-33-35-45(37-52(41)55(51(40)36-44)46-24-8-3-9-25-46)54(43-22-6-2-7-23-43)50-29-15-19-39-17-11-13-27-48(39)50/h1-29,32-37,55H. The van der Waals surface area contributed by atoms with E-state index in [1.54, 1.807) is 0 Å². The van der Waals surface area contributed by atoms with Crippen molar-refractivity contribution in [2.45, 2.75) is 0 Å². The van der Waals surface area contributed by atoms with Crippen molar-refractivity contribution in [2.75, 3.05) is 9.80 Å². The van der Waals surface area contributed by atoms with Crippen molar-refractivity contribution in [3.8, 4) is 11.8 Å². The second-order valence-electron chi connectivity index (χ2n) is 14.0. The summed E-state index contributed by atoms with van der Waals surface area (Å²) in [6.45, 7) is 0. The fraction of sp³-hybridized carbons (Fsp3) is 0. The molecule has 9 aromatic carbocycles. The number of hydrogen-bond donors (Lipinski definition) is 0. The maximum Gasteiger partial charge on any atom is 0.136 e. The highest BCUT2D eigenvalue weighted by Crippen LogP contribution is 2.40. The summed E-state index contributed by atoms with van der Waals surface area (Å²) in [6.07, 6.45) is 0. The Hall–Kier alpha value is -7.12. The van der Waals surface area contributed by atoms with Gasteiger partial charge in [0.25, 0.3) is 0 Å². The Bertz CT molecular complexity index is 2710. The molecule has 258 valence electrons. The van der Waals surface area contributed by atoms with E-state index in [1.165, 1.54) is 37.1 Å². The third-order valence-corrected chi connectivity index (χ3v) is 14.0. The molecule has 0 unspecified atom stereocenters. The maximum atomic E-state index is 3.65. The zero-order chi connectivity index (χ0) is 36.6. The lowest BCUT2D eigenvalue weighted by Gasteiger charge is -2.29. The molecule has 0 N–H and O–H groups in total. The van der Waals surface area contributed by atoms with Gasteiger partial charge in [0.2, 0.25) is 0 Å². The molecule has 1 aliphatic rings. The Morgan fingerprint density at radius 2 is 0.727 bits per heavy atom. The van der Waals surface area contributed by atoms with Crippen LogP contribution in [0.3, 0.4) is 0 Å². The third kappa shape index (κ3) is 5.96. The average Bonchev–Trinajstić information content (AvgIpc) is 3.41. The van der Waals surface area contributed by atoms with Crippen LogP contribution in [0.15, 0.2) is 212 Å². The van der Waals surface area contributed by atoms with Crippen LogP contribution < -0.4 is 25.4 Å². The number of para-hydroxylation sites is 2. The lowest BCUT2D eigenvalue weighted by molar-refractivity contribution is 1.30. The summed E-state index contributed by atoms with van der Waals surface area (Å²) >= 11 is 0. The molecule has 2 nitrogen and oxygen atoms in total. The normalized spacial score (nSPS) is 11.9.